The average Bonchev–Trinajstić information content (AvgIpc) is 2.39. The first kappa shape index (κ1) is 13.2. The second kappa shape index (κ2) is 5.58. The van der Waals surface area contributed by atoms with Crippen molar-refractivity contribution in [3.8, 4) is 17.6 Å². The fraction of sp³-hybridized carbons (Fsp3) is 0.235. The number of para-hydroxylation sites is 1. The lowest BCUT2D eigenvalue weighted by Gasteiger charge is -2.15. The van der Waals surface area contributed by atoms with Crippen molar-refractivity contribution in [2.45, 2.75) is 26.7 Å². The highest BCUT2D eigenvalue weighted by molar-refractivity contribution is 5.48. The van der Waals surface area contributed by atoms with E-state index in [4.69, 9.17) is 10.00 Å². The van der Waals surface area contributed by atoms with Gasteiger partial charge in [0.05, 0.1) is 5.56 Å². The van der Waals surface area contributed by atoms with Gasteiger partial charge in [0.15, 0.2) is 0 Å². The molecule has 0 spiro atoms. The van der Waals surface area contributed by atoms with E-state index in [1.54, 1.807) is 6.07 Å². The van der Waals surface area contributed by atoms with Crippen LogP contribution in [0.25, 0.3) is 0 Å². The molecule has 0 bridgehead atoms. The highest BCUT2D eigenvalue weighted by Crippen LogP contribution is 2.32. The van der Waals surface area contributed by atoms with Crippen molar-refractivity contribution in [2.75, 3.05) is 0 Å². The third-order valence-corrected chi connectivity index (χ3v) is 3.02. The van der Waals surface area contributed by atoms with Crippen LogP contribution in [-0.2, 0) is 0 Å². The maximum Gasteiger partial charge on any atom is 0.145 e. The van der Waals surface area contributed by atoms with Crippen LogP contribution in [0.4, 0.5) is 0 Å². The number of benzene rings is 2. The van der Waals surface area contributed by atoms with Crippen LogP contribution >= 0.6 is 0 Å². The SMILES string of the molecule is Cc1ccc(C(C)C)c(Oc2ccccc2C#N)c1. The molecule has 0 heterocycles. The lowest BCUT2D eigenvalue weighted by Crippen LogP contribution is -1.96. The quantitative estimate of drug-likeness (QED) is 0.786. The number of nitriles is 1. The molecule has 0 aliphatic heterocycles. The van der Waals surface area contributed by atoms with E-state index in [9.17, 15) is 0 Å². The van der Waals surface area contributed by atoms with E-state index in [0.717, 1.165) is 16.9 Å². The molecule has 0 amide bonds. The van der Waals surface area contributed by atoms with Crippen LogP contribution in [0, 0.1) is 18.3 Å². The normalized spacial score (nSPS) is 10.3. The van der Waals surface area contributed by atoms with Gasteiger partial charge < -0.3 is 4.74 Å². The first-order valence-electron chi connectivity index (χ1n) is 6.39. The molecule has 0 N–H and O–H groups in total. The van der Waals surface area contributed by atoms with Gasteiger partial charge in [-0.1, -0.05) is 38.1 Å². The third kappa shape index (κ3) is 2.95. The summed E-state index contributed by atoms with van der Waals surface area (Å²) in [6.07, 6.45) is 0. The summed E-state index contributed by atoms with van der Waals surface area (Å²) in [5.74, 6) is 1.82. The summed E-state index contributed by atoms with van der Waals surface area (Å²) in [5.41, 5.74) is 2.85. The average molecular weight is 251 g/mol. The Morgan fingerprint density at radius 2 is 1.79 bits per heavy atom. The smallest absolute Gasteiger partial charge is 0.145 e. The zero-order valence-corrected chi connectivity index (χ0v) is 11.5. The summed E-state index contributed by atoms with van der Waals surface area (Å²) in [4.78, 5) is 0. The first-order chi connectivity index (χ1) is 9.11. The summed E-state index contributed by atoms with van der Waals surface area (Å²) in [6, 6.07) is 15.6. The van der Waals surface area contributed by atoms with Crippen LogP contribution in [0.5, 0.6) is 11.5 Å². The van der Waals surface area contributed by atoms with E-state index >= 15 is 0 Å². The largest absolute Gasteiger partial charge is 0.456 e. The molecule has 0 aromatic heterocycles. The second-order valence-corrected chi connectivity index (χ2v) is 4.91. The molecule has 2 aromatic carbocycles. The van der Waals surface area contributed by atoms with Crippen LogP contribution < -0.4 is 4.74 Å². The number of nitrogens with zero attached hydrogens (tertiary/aromatic N) is 1. The van der Waals surface area contributed by atoms with Crippen molar-refractivity contribution in [2.24, 2.45) is 0 Å². The van der Waals surface area contributed by atoms with Gasteiger partial charge in [0.1, 0.15) is 17.6 Å². The minimum Gasteiger partial charge on any atom is -0.456 e. The number of hydrogen-bond donors (Lipinski definition) is 0. The minimum atomic E-state index is 0.379. The molecule has 2 heteroatoms. The van der Waals surface area contributed by atoms with Crippen molar-refractivity contribution in [3.05, 3.63) is 59.2 Å². The number of rotatable bonds is 3. The van der Waals surface area contributed by atoms with Gasteiger partial charge in [-0.15, -0.1) is 0 Å². The van der Waals surface area contributed by atoms with E-state index in [2.05, 4.69) is 32.0 Å². The molecule has 0 aliphatic carbocycles. The molecule has 19 heavy (non-hydrogen) atoms. The van der Waals surface area contributed by atoms with Crippen molar-refractivity contribution < 1.29 is 4.74 Å². The number of aryl methyl sites for hydroxylation is 1. The molecule has 0 atom stereocenters. The van der Waals surface area contributed by atoms with Crippen LogP contribution in [0.1, 0.15) is 36.5 Å². The van der Waals surface area contributed by atoms with Crippen molar-refractivity contribution in [1.29, 1.82) is 5.26 Å². The van der Waals surface area contributed by atoms with Gasteiger partial charge in [-0.25, -0.2) is 0 Å². The predicted octanol–water partition coefficient (Wildman–Crippen LogP) is 4.78. The van der Waals surface area contributed by atoms with E-state index in [1.807, 2.05) is 31.2 Å². The molecule has 0 unspecified atom stereocenters. The van der Waals surface area contributed by atoms with E-state index in [0.29, 0.717) is 17.2 Å². The highest BCUT2D eigenvalue weighted by atomic mass is 16.5. The molecule has 0 aliphatic rings. The summed E-state index contributed by atoms with van der Waals surface area (Å²) in [6.45, 7) is 6.30. The maximum absolute atomic E-state index is 9.10. The van der Waals surface area contributed by atoms with Gasteiger partial charge in [0, 0.05) is 0 Å². The fourth-order valence-corrected chi connectivity index (χ4v) is 1.97. The molecule has 0 saturated heterocycles. The Balaban J connectivity index is 2.43. The maximum atomic E-state index is 9.10. The predicted molar refractivity (Wildman–Crippen MR) is 76.5 cm³/mol. The Morgan fingerprint density at radius 1 is 1.05 bits per heavy atom. The Kier molecular flexibility index (Phi) is 3.87. The Morgan fingerprint density at radius 3 is 2.47 bits per heavy atom. The van der Waals surface area contributed by atoms with Gasteiger partial charge in [0.25, 0.3) is 0 Å². The molecule has 0 radical (unpaired) electrons. The fourth-order valence-electron chi connectivity index (χ4n) is 1.97. The molecule has 0 saturated carbocycles. The van der Waals surface area contributed by atoms with Gasteiger partial charge >= 0.3 is 0 Å². The van der Waals surface area contributed by atoms with Gasteiger partial charge in [0.2, 0.25) is 0 Å². The second-order valence-electron chi connectivity index (χ2n) is 4.91. The minimum absolute atomic E-state index is 0.379. The lowest BCUT2D eigenvalue weighted by molar-refractivity contribution is 0.471. The van der Waals surface area contributed by atoms with Crippen LogP contribution in [-0.4, -0.2) is 0 Å². The van der Waals surface area contributed by atoms with E-state index in [-0.39, 0.29) is 0 Å². The van der Waals surface area contributed by atoms with Gasteiger partial charge in [-0.2, -0.15) is 5.26 Å². The standard InChI is InChI=1S/C17H17NO/c1-12(2)15-9-8-13(3)10-17(15)19-16-7-5-4-6-14(16)11-18/h4-10,12H,1-3H3. The summed E-state index contributed by atoms with van der Waals surface area (Å²) < 4.78 is 5.95. The Labute approximate surface area is 114 Å². The molecular weight excluding hydrogens is 234 g/mol. The monoisotopic (exact) mass is 251 g/mol. The van der Waals surface area contributed by atoms with Crippen molar-refractivity contribution in [3.63, 3.8) is 0 Å². The Hall–Kier alpha value is -2.27. The molecule has 96 valence electrons. The molecule has 0 fully saturated rings. The van der Waals surface area contributed by atoms with Crippen molar-refractivity contribution >= 4 is 0 Å². The lowest BCUT2D eigenvalue weighted by atomic mass is 10.0. The van der Waals surface area contributed by atoms with E-state index in [1.165, 1.54) is 0 Å². The summed E-state index contributed by atoms with van der Waals surface area (Å²) >= 11 is 0. The van der Waals surface area contributed by atoms with Crippen LogP contribution in [0.15, 0.2) is 42.5 Å². The summed E-state index contributed by atoms with van der Waals surface area (Å²) in [7, 11) is 0. The zero-order valence-electron chi connectivity index (χ0n) is 11.5. The van der Waals surface area contributed by atoms with Crippen LogP contribution in [0.3, 0.4) is 0 Å². The molecule has 2 nitrogen and oxygen atoms in total. The molecule has 2 aromatic rings. The zero-order chi connectivity index (χ0) is 13.8. The first-order valence-corrected chi connectivity index (χ1v) is 6.39. The van der Waals surface area contributed by atoms with Crippen molar-refractivity contribution in [1.82, 2.24) is 0 Å². The van der Waals surface area contributed by atoms with Gasteiger partial charge in [-0.05, 0) is 42.2 Å². The molecular formula is C17H17NO. The van der Waals surface area contributed by atoms with Gasteiger partial charge in [-0.3, -0.25) is 0 Å². The topological polar surface area (TPSA) is 33.0 Å². The highest BCUT2D eigenvalue weighted by Gasteiger charge is 2.11. The van der Waals surface area contributed by atoms with E-state index < -0.39 is 0 Å². The third-order valence-electron chi connectivity index (χ3n) is 3.02. The number of hydrogen-bond acceptors (Lipinski definition) is 2. The Bertz CT molecular complexity index is 623. The number of ether oxygens (including phenoxy) is 1. The molecule has 2 rings (SSSR count). The summed E-state index contributed by atoms with van der Waals surface area (Å²) in [5, 5.41) is 9.10. The van der Waals surface area contributed by atoms with Crippen LogP contribution in [0.2, 0.25) is 0 Å².